The van der Waals surface area contributed by atoms with Gasteiger partial charge in [0, 0.05) is 5.75 Å². The molecule has 140 valence electrons. The van der Waals surface area contributed by atoms with Gasteiger partial charge in [-0.15, -0.1) is 10.2 Å². The van der Waals surface area contributed by atoms with Crippen molar-refractivity contribution in [3.63, 3.8) is 0 Å². The third-order valence-corrected chi connectivity index (χ3v) is 5.85. The van der Waals surface area contributed by atoms with Crippen LogP contribution in [-0.2, 0) is 10.5 Å². The summed E-state index contributed by atoms with van der Waals surface area (Å²) in [5, 5.41) is 11.4. The Morgan fingerprint density at radius 1 is 1.11 bits per heavy atom. The summed E-state index contributed by atoms with van der Waals surface area (Å²) in [6.45, 7) is 6.03. The van der Waals surface area contributed by atoms with Crippen LogP contribution in [-0.4, -0.2) is 22.7 Å². The number of anilines is 1. The van der Waals surface area contributed by atoms with Crippen LogP contribution in [0.2, 0.25) is 0 Å². The minimum atomic E-state index is -0.249. The molecule has 0 bridgehead atoms. The molecule has 1 amide bonds. The lowest BCUT2D eigenvalue weighted by Gasteiger charge is -2.07. The van der Waals surface area contributed by atoms with Crippen molar-refractivity contribution < 1.29 is 9.53 Å². The van der Waals surface area contributed by atoms with Gasteiger partial charge >= 0.3 is 0 Å². The van der Waals surface area contributed by atoms with Gasteiger partial charge in [-0.05, 0) is 55.2 Å². The minimum Gasteiger partial charge on any atom is -0.484 e. The summed E-state index contributed by atoms with van der Waals surface area (Å²) in [7, 11) is 0. The van der Waals surface area contributed by atoms with Crippen molar-refractivity contribution in [3.8, 4) is 5.75 Å². The number of nitrogens with one attached hydrogen (secondary N) is 1. The first kappa shape index (κ1) is 19.4. The number of carbonyl (C=O) groups excluding carboxylic acids is 1. The Hall–Kier alpha value is -2.38. The number of ether oxygens (including phenoxy) is 1. The van der Waals surface area contributed by atoms with E-state index in [1.807, 2.05) is 38.1 Å². The minimum absolute atomic E-state index is 0.0613. The lowest BCUT2D eigenvalue weighted by Crippen LogP contribution is -2.20. The lowest BCUT2D eigenvalue weighted by molar-refractivity contribution is -0.118. The van der Waals surface area contributed by atoms with E-state index in [9.17, 15) is 4.79 Å². The van der Waals surface area contributed by atoms with Crippen LogP contribution in [0, 0.1) is 20.8 Å². The van der Waals surface area contributed by atoms with Crippen LogP contribution in [0.3, 0.4) is 0 Å². The van der Waals surface area contributed by atoms with Gasteiger partial charge in [0.1, 0.15) is 5.75 Å². The highest BCUT2D eigenvalue weighted by molar-refractivity contribution is 8.00. The molecule has 0 fully saturated rings. The van der Waals surface area contributed by atoms with Crippen LogP contribution in [0.15, 0.2) is 46.8 Å². The molecule has 3 aromatic rings. The quantitative estimate of drug-likeness (QED) is 0.458. The molecule has 7 heteroatoms. The predicted molar refractivity (Wildman–Crippen MR) is 111 cm³/mol. The highest BCUT2D eigenvalue weighted by atomic mass is 32.2. The van der Waals surface area contributed by atoms with Crippen molar-refractivity contribution in [2.75, 3.05) is 11.9 Å². The second-order valence-electron chi connectivity index (χ2n) is 6.25. The predicted octanol–water partition coefficient (Wildman–Crippen LogP) is 4.77. The number of rotatable bonds is 7. The monoisotopic (exact) mass is 399 g/mol. The van der Waals surface area contributed by atoms with Gasteiger partial charge in [-0.3, -0.25) is 10.1 Å². The van der Waals surface area contributed by atoms with Crippen LogP contribution in [0.25, 0.3) is 0 Å². The van der Waals surface area contributed by atoms with E-state index < -0.39 is 0 Å². The standard InChI is InChI=1S/C20H21N3O2S2/c1-13-8-14(2)10-17(9-13)25-11-18(24)21-19-22-23-20(27-19)26-12-16-7-5-4-6-15(16)3/h4-10H,11-12H2,1-3H3,(H,21,22,24). The second kappa shape index (κ2) is 9.01. The largest absolute Gasteiger partial charge is 0.484 e. The number of benzene rings is 2. The van der Waals surface area contributed by atoms with E-state index in [0.29, 0.717) is 10.9 Å². The van der Waals surface area contributed by atoms with E-state index in [1.54, 1.807) is 11.8 Å². The molecule has 0 spiro atoms. The fourth-order valence-corrected chi connectivity index (χ4v) is 4.39. The highest BCUT2D eigenvalue weighted by Crippen LogP contribution is 2.29. The molecule has 0 aliphatic rings. The number of aryl methyl sites for hydroxylation is 3. The van der Waals surface area contributed by atoms with Gasteiger partial charge < -0.3 is 4.74 Å². The highest BCUT2D eigenvalue weighted by Gasteiger charge is 2.10. The van der Waals surface area contributed by atoms with Gasteiger partial charge in [0.2, 0.25) is 5.13 Å². The maximum atomic E-state index is 12.1. The second-order valence-corrected chi connectivity index (χ2v) is 8.45. The van der Waals surface area contributed by atoms with Gasteiger partial charge in [-0.1, -0.05) is 53.4 Å². The Kier molecular flexibility index (Phi) is 6.47. The third-order valence-electron chi connectivity index (χ3n) is 3.83. The molecular weight excluding hydrogens is 378 g/mol. The maximum Gasteiger partial charge on any atom is 0.264 e. The van der Waals surface area contributed by atoms with Crippen LogP contribution >= 0.6 is 23.1 Å². The zero-order valence-corrected chi connectivity index (χ0v) is 17.1. The molecule has 5 nitrogen and oxygen atoms in total. The molecule has 1 N–H and O–H groups in total. The number of amides is 1. The molecule has 1 heterocycles. The lowest BCUT2D eigenvalue weighted by atomic mass is 10.1. The van der Waals surface area contributed by atoms with Crippen LogP contribution in [0.1, 0.15) is 22.3 Å². The number of hydrogen-bond acceptors (Lipinski definition) is 6. The molecule has 3 rings (SSSR count). The average molecular weight is 400 g/mol. The molecule has 2 aromatic carbocycles. The van der Waals surface area contributed by atoms with Crippen molar-refractivity contribution in [2.45, 2.75) is 30.9 Å². The van der Waals surface area contributed by atoms with Crippen molar-refractivity contribution in [1.82, 2.24) is 10.2 Å². The van der Waals surface area contributed by atoms with Gasteiger partial charge in [-0.2, -0.15) is 0 Å². The summed E-state index contributed by atoms with van der Waals surface area (Å²) in [4.78, 5) is 12.1. The van der Waals surface area contributed by atoms with Gasteiger partial charge in [0.15, 0.2) is 10.9 Å². The average Bonchev–Trinajstić information content (AvgIpc) is 3.06. The molecule has 0 radical (unpaired) electrons. The molecule has 27 heavy (non-hydrogen) atoms. The fraction of sp³-hybridized carbons (Fsp3) is 0.250. The summed E-state index contributed by atoms with van der Waals surface area (Å²) in [6.07, 6.45) is 0. The Morgan fingerprint density at radius 2 is 1.85 bits per heavy atom. The number of aromatic nitrogens is 2. The van der Waals surface area contributed by atoms with Crippen molar-refractivity contribution in [3.05, 3.63) is 64.7 Å². The van der Waals surface area contributed by atoms with Crippen molar-refractivity contribution in [1.29, 1.82) is 0 Å². The third kappa shape index (κ3) is 5.80. The number of carbonyl (C=O) groups is 1. The summed E-state index contributed by atoms with van der Waals surface area (Å²) in [5.41, 5.74) is 4.73. The summed E-state index contributed by atoms with van der Waals surface area (Å²) >= 11 is 2.98. The molecular formula is C20H21N3O2S2. The first-order valence-electron chi connectivity index (χ1n) is 8.51. The van der Waals surface area contributed by atoms with Crippen LogP contribution < -0.4 is 10.1 Å². The Bertz CT molecular complexity index is 920. The van der Waals surface area contributed by atoms with E-state index in [2.05, 4.69) is 40.6 Å². The van der Waals surface area contributed by atoms with Crippen molar-refractivity contribution in [2.24, 2.45) is 0 Å². The summed E-state index contributed by atoms with van der Waals surface area (Å²) in [6, 6.07) is 14.1. The van der Waals surface area contributed by atoms with Crippen LogP contribution in [0.5, 0.6) is 5.75 Å². The molecule has 1 aromatic heterocycles. The molecule has 0 aliphatic carbocycles. The van der Waals surface area contributed by atoms with E-state index in [0.717, 1.165) is 21.2 Å². The summed E-state index contributed by atoms with van der Waals surface area (Å²) in [5.74, 6) is 1.26. The van der Waals surface area contributed by atoms with E-state index >= 15 is 0 Å². The Morgan fingerprint density at radius 3 is 2.59 bits per heavy atom. The SMILES string of the molecule is Cc1cc(C)cc(OCC(=O)Nc2nnc(SCc3ccccc3C)s2)c1. The van der Waals surface area contributed by atoms with Crippen molar-refractivity contribution >= 4 is 34.1 Å². The number of nitrogens with zero attached hydrogens (tertiary/aromatic N) is 2. The molecule has 0 atom stereocenters. The molecule has 0 saturated heterocycles. The fourth-order valence-electron chi connectivity index (χ4n) is 2.55. The zero-order valence-electron chi connectivity index (χ0n) is 15.5. The summed E-state index contributed by atoms with van der Waals surface area (Å²) < 4.78 is 6.39. The zero-order chi connectivity index (χ0) is 19.2. The number of hydrogen-bond donors (Lipinski definition) is 1. The van der Waals surface area contributed by atoms with Gasteiger partial charge in [-0.25, -0.2) is 0 Å². The number of thioether (sulfide) groups is 1. The van der Waals surface area contributed by atoms with Crippen LogP contribution in [0.4, 0.5) is 5.13 Å². The molecule has 0 aliphatic heterocycles. The maximum absolute atomic E-state index is 12.1. The smallest absolute Gasteiger partial charge is 0.264 e. The van der Waals surface area contributed by atoms with E-state index in [-0.39, 0.29) is 12.5 Å². The van der Waals surface area contributed by atoms with E-state index in [1.165, 1.54) is 22.5 Å². The van der Waals surface area contributed by atoms with Gasteiger partial charge in [0.05, 0.1) is 0 Å². The van der Waals surface area contributed by atoms with E-state index in [4.69, 9.17) is 4.74 Å². The topological polar surface area (TPSA) is 64.1 Å². The first-order valence-corrected chi connectivity index (χ1v) is 10.3. The Labute approximate surface area is 167 Å². The van der Waals surface area contributed by atoms with Gasteiger partial charge in [0.25, 0.3) is 5.91 Å². The molecule has 0 unspecified atom stereocenters. The Balaban J connectivity index is 1.49. The normalized spacial score (nSPS) is 10.6. The molecule has 0 saturated carbocycles. The first-order chi connectivity index (χ1) is 13.0.